The first-order chi connectivity index (χ1) is 9.96. The van der Waals surface area contributed by atoms with E-state index in [-0.39, 0.29) is 12.2 Å². The van der Waals surface area contributed by atoms with Crippen LogP contribution in [-0.4, -0.2) is 38.6 Å². The number of tetrazole rings is 1. The van der Waals surface area contributed by atoms with Crippen LogP contribution in [0.15, 0.2) is 41.4 Å². The molecule has 9 nitrogen and oxygen atoms in total. The number of aromatic amines is 1. The molecule has 0 bridgehead atoms. The summed E-state index contributed by atoms with van der Waals surface area (Å²) in [5.74, 6) is -0.0643. The zero-order chi connectivity index (χ0) is 15.3. The van der Waals surface area contributed by atoms with Crippen LogP contribution in [0.1, 0.15) is 17.9 Å². The van der Waals surface area contributed by atoms with E-state index < -0.39 is 14.9 Å². The SMILES string of the molecule is Cc1cocn1.O=S(=O)(O)C1(c2nn[nH]n2)C=CC=CC1. The van der Waals surface area contributed by atoms with Gasteiger partial charge in [0.2, 0.25) is 5.82 Å². The van der Waals surface area contributed by atoms with Crippen molar-refractivity contribution >= 4 is 10.1 Å². The van der Waals surface area contributed by atoms with Gasteiger partial charge in [-0.05, 0) is 13.3 Å². The van der Waals surface area contributed by atoms with E-state index in [2.05, 4.69) is 30.0 Å². The lowest BCUT2D eigenvalue weighted by molar-refractivity contribution is 0.442. The normalized spacial score (nSPS) is 20.9. The fourth-order valence-electron chi connectivity index (χ4n) is 1.69. The predicted octanol–water partition coefficient (Wildman–Crippen LogP) is 0.782. The van der Waals surface area contributed by atoms with Gasteiger partial charge >= 0.3 is 0 Å². The van der Waals surface area contributed by atoms with Crippen molar-refractivity contribution in [2.45, 2.75) is 18.1 Å². The average Bonchev–Trinajstić information content (AvgIpc) is 3.12. The Labute approximate surface area is 120 Å². The van der Waals surface area contributed by atoms with E-state index in [1.54, 1.807) is 18.4 Å². The molecule has 2 N–H and O–H groups in total. The van der Waals surface area contributed by atoms with Gasteiger partial charge in [-0.1, -0.05) is 29.5 Å². The molecule has 1 aliphatic carbocycles. The summed E-state index contributed by atoms with van der Waals surface area (Å²) in [5.41, 5.74) is 0.926. The maximum absolute atomic E-state index is 11.4. The second-order valence-corrected chi connectivity index (χ2v) is 5.90. The lowest BCUT2D eigenvalue weighted by atomic mass is 9.99. The van der Waals surface area contributed by atoms with Gasteiger partial charge in [-0.15, -0.1) is 10.2 Å². The molecule has 0 amide bonds. The van der Waals surface area contributed by atoms with Crippen LogP contribution in [0.5, 0.6) is 0 Å². The summed E-state index contributed by atoms with van der Waals surface area (Å²) < 4.78 is 34.9. The highest BCUT2D eigenvalue weighted by molar-refractivity contribution is 7.87. The number of aromatic nitrogens is 5. The van der Waals surface area contributed by atoms with Gasteiger partial charge in [0.1, 0.15) is 6.26 Å². The first-order valence-electron chi connectivity index (χ1n) is 5.86. The number of hydrogen-bond acceptors (Lipinski definition) is 7. The zero-order valence-corrected chi connectivity index (χ0v) is 11.9. The molecule has 1 atom stereocenters. The molecule has 0 spiro atoms. The maximum Gasteiger partial charge on any atom is 0.282 e. The highest BCUT2D eigenvalue weighted by Crippen LogP contribution is 2.34. The lowest BCUT2D eigenvalue weighted by Gasteiger charge is -2.23. The van der Waals surface area contributed by atoms with Gasteiger partial charge < -0.3 is 4.42 Å². The number of nitrogens with zero attached hydrogens (tertiary/aromatic N) is 4. The molecule has 1 aliphatic rings. The lowest BCUT2D eigenvalue weighted by Crippen LogP contribution is -2.35. The number of hydrogen-bond donors (Lipinski definition) is 2. The minimum atomic E-state index is -4.33. The Morgan fingerprint density at radius 3 is 2.62 bits per heavy atom. The summed E-state index contributed by atoms with van der Waals surface area (Å²) in [6.07, 6.45) is 9.26. The molecule has 0 aromatic carbocycles. The van der Waals surface area contributed by atoms with Crippen LogP contribution in [0.2, 0.25) is 0 Å². The van der Waals surface area contributed by atoms with Crippen LogP contribution in [0.3, 0.4) is 0 Å². The van der Waals surface area contributed by atoms with Crippen molar-refractivity contribution in [3.8, 4) is 0 Å². The molecule has 0 radical (unpaired) electrons. The second kappa shape index (κ2) is 5.97. The molecular weight excluding hydrogens is 298 g/mol. The van der Waals surface area contributed by atoms with Crippen molar-refractivity contribution in [3.05, 3.63) is 48.5 Å². The summed E-state index contributed by atoms with van der Waals surface area (Å²) in [5, 5.41) is 12.7. The van der Waals surface area contributed by atoms with Crippen molar-refractivity contribution in [1.82, 2.24) is 25.6 Å². The number of allylic oxidation sites excluding steroid dienone is 3. The Bertz CT molecular complexity index is 721. The smallest absolute Gasteiger partial charge is 0.282 e. The molecule has 1 unspecified atom stereocenters. The number of H-pyrrole nitrogens is 1. The fourth-order valence-corrected chi connectivity index (χ4v) is 2.56. The van der Waals surface area contributed by atoms with Crippen LogP contribution >= 0.6 is 0 Å². The molecule has 112 valence electrons. The van der Waals surface area contributed by atoms with E-state index in [9.17, 15) is 13.0 Å². The molecule has 3 rings (SSSR count). The summed E-state index contributed by atoms with van der Waals surface area (Å²) in [4.78, 5) is 3.75. The minimum Gasteiger partial charge on any atom is -0.452 e. The van der Waals surface area contributed by atoms with Crippen molar-refractivity contribution in [1.29, 1.82) is 0 Å². The van der Waals surface area contributed by atoms with Gasteiger partial charge in [-0.3, -0.25) is 4.55 Å². The van der Waals surface area contributed by atoms with E-state index >= 15 is 0 Å². The molecule has 21 heavy (non-hydrogen) atoms. The molecule has 0 saturated carbocycles. The molecular formula is C11H13N5O4S. The van der Waals surface area contributed by atoms with E-state index in [1.807, 2.05) is 6.92 Å². The Morgan fingerprint density at radius 1 is 1.43 bits per heavy atom. The van der Waals surface area contributed by atoms with Crippen molar-refractivity contribution < 1.29 is 17.4 Å². The third-order valence-electron chi connectivity index (χ3n) is 2.77. The van der Waals surface area contributed by atoms with Crippen molar-refractivity contribution in [3.63, 3.8) is 0 Å². The molecule has 10 heteroatoms. The summed E-state index contributed by atoms with van der Waals surface area (Å²) in [6.45, 7) is 1.88. The van der Waals surface area contributed by atoms with E-state index in [1.165, 1.54) is 18.5 Å². The third kappa shape index (κ3) is 3.23. The molecule has 0 saturated heterocycles. The first-order valence-corrected chi connectivity index (χ1v) is 7.30. The highest BCUT2D eigenvalue weighted by Gasteiger charge is 2.46. The molecule has 0 fully saturated rings. The van der Waals surface area contributed by atoms with Crippen molar-refractivity contribution in [2.75, 3.05) is 0 Å². The Morgan fingerprint density at radius 2 is 2.24 bits per heavy atom. The van der Waals surface area contributed by atoms with Gasteiger partial charge in [-0.2, -0.15) is 13.6 Å². The zero-order valence-electron chi connectivity index (χ0n) is 11.0. The van der Waals surface area contributed by atoms with Crippen molar-refractivity contribution in [2.24, 2.45) is 0 Å². The average molecular weight is 311 g/mol. The van der Waals surface area contributed by atoms with Gasteiger partial charge in [0, 0.05) is 0 Å². The second-order valence-electron chi connectivity index (χ2n) is 4.22. The van der Waals surface area contributed by atoms with Crippen LogP contribution < -0.4 is 0 Å². The number of rotatable bonds is 2. The number of oxazole rings is 1. The minimum absolute atomic E-state index is 0.0643. The first kappa shape index (κ1) is 15.1. The summed E-state index contributed by atoms with van der Waals surface area (Å²) in [6, 6.07) is 0. The van der Waals surface area contributed by atoms with Crippen LogP contribution in [0.4, 0.5) is 0 Å². The topological polar surface area (TPSA) is 135 Å². The van der Waals surface area contributed by atoms with Gasteiger partial charge in [-0.25, -0.2) is 4.98 Å². The number of aryl methyl sites for hydroxylation is 1. The molecule has 2 aromatic rings. The highest BCUT2D eigenvalue weighted by atomic mass is 32.2. The van der Waals surface area contributed by atoms with Crippen LogP contribution in [0.25, 0.3) is 0 Å². The Balaban J connectivity index is 0.000000225. The monoisotopic (exact) mass is 311 g/mol. The Hall–Kier alpha value is -2.33. The standard InChI is InChI=1S/C7H8N4O3S.C4H5NO/c12-15(13,14)7(4-2-1-3-5-7)6-8-10-11-9-6;1-4-2-6-3-5-4/h1-4H,5H2,(H,12,13,14)(H,8,9,10,11);2-3H,1H3. The number of nitrogens with one attached hydrogen (secondary N) is 1. The van der Waals surface area contributed by atoms with E-state index in [0.717, 1.165) is 5.69 Å². The van der Waals surface area contributed by atoms with Crippen LogP contribution in [-0.2, 0) is 14.9 Å². The largest absolute Gasteiger partial charge is 0.452 e. The van der Waals surface area contributed by atoms with Gasteiger partial charge in [0.05, 0.1) is 5.69 Å². The van der Waals surface area contributed by atoms with Gasteiger partial charge in [0.25, 0.3) is 10.1 Å². The quantitative estimate of drug-likeness (QED) is 0.777. The summed E-state index contributed by atoms with van der Waals surface area (Å²) >= 11 is 0. The van der Waals surface area contributed by atoms with Crippen LogP contribution in [0, 0.1) is 6.92 Å². The fraction of sp³-hybridized carbons (Fsp3) is 0.273. The Kier molecular flexibility index (Phi) is 4.29. The van der Waals surface area contributed by atoms with E-state index in [0.29, 0.717) is 0 Å². The maximum atomic E-state index is 11.4. The summed E-state index contributed by atoms with van der Waals surface area (Å²) in [7, 11) is -4.33. The molecule has 0 aliphatic heterocycles. The van der Waals surface area contributed by atoms with E-state index in [4.69, 9.17) is 0 Å². The third-order valence-corrected chi connectivity index (χ3v) is 4.18. The predicted molar refractivity (Wildman–Crippen MR) is 71.5 cm³/mol. The van der Waals surface area contributed by atoms with Gasteiger partial charge in [0.15, 0.2) is 11.1 Å². The molecule has 2 aromatic heterocycles. The molecule has 2 heterocycles.